The van der Waals surface area contributed by atoms with E-state index in [-0.39, 0.29) is 18.3 Å². The molecule has 122 valence electrons. The lowest BCUT2D eigenvalue weighted by Gasteiger charge is -2.26. The number of ether oxygens (including phenoxy) is 2. The molecule has 1 heterocycles. The molecule has 5 nitrogen and oxygen atoms in total. The topological polar surface area (TPSA) is 64.8 Å². The first-order valence-corrected chi connectivity index (χ1v) is 7.31. The number of halogens is 1. The highest BCUT2D eigenvalue weighted by Crippen LogP contribution is 2.31. The number of hydrogen-bond acceptors (Lipinski definition) is 4. The monoisotopic (exact) mass is 310 g/mol. The van der Waals surface area contributed by atoms with Crippen molar-refractivity contribution in [3.63, 3.8) is 0 Å². The highest BCUT2D eigenvalue weighted by Gasteiger charge is 2.28. The van der Waals surface area contributed by atoms with Gasteiger partial charge in [-0.05, 0) is 50.5 Å². The summed E-state index contributed by atoms with van der Waals surface area (Å²) in [5.74, 6) is -0.292. The Bertz CT molecular complexity index is 569. The molecule has 6 heteroatoms. The van der Waals surface area contributed by atoms with Gasteiger partial charge in [0, 0.05) is 19.1 Å². The molecule has 0 bridgehead atoms. The molecule has 22 heavy (non-hydrogen) atoms. The van der Waals surface area contributed by atoms with E-state index in [1.165, 1.54) is 13.2 Å². The molecule has 0 aromatic heterocycles. The van der Waals surface area contributed by atoms with Crippen LogP contribution in [0.5, 0.6) is 5.75 Å². The van der Waals surface area contributed by atoms with E-state index >= 15 is 0 Å². The molecule has 1 aromatic carbocycles. The van der Waals surface area contributed by atoms with Crippen molar-refractivity contribution >= 4 is 6.09 Å². The molecule has 0 radical (unpaired) electrons. The average molecular weight is 310 g/mol. The summed E-state index contributed by atoms with van der Waals surface area (Å²) < 4.78 is 24.3. The van der Waals surface area contributed by atoms with Crippen LogP contribution in [-0.4, -0.2) is 30.2 Å². The number of hydrogen-bond donors (Lipinski definition) is 1. The molecule has 2 N–H and O–H groups in total. The summed E-state index contributed by atoms with van der Waals surface area (Å²) in [5, 5.41) is 0. The molecule has 0 fully saturated rings. The fourth-order valence-electron chi connectivity index (χ4n) is 2.47. The summed E-state index contributed by atoms with van der Waals surface area (Å²) in [6.07, 6.45) is 0.171. The second-order valence-electron chi connectivity index (χ2n) is 6.48. The predicted octanol–water partition coefficient (Wildman–Crippen LogP) is 2.97. The van der Waals surface area contributed by atoms with E-state index in [2.05, 4.69) is 0 Å². The van der Waals surface area contributed by atoms with Gasteiger partial charge in [0.25, 0.3) is 0 Å². The molecule has 0 saturated carbocycles. The van der Waals surface area contributed by atoms with Gasteiger partial charge in [0.15, 0.2) is 11.6 Å². The molecule has 1 atom stereocenters. The molecule has 1 unspecified atom stereocenters. The highest BCUT2D eigenvalue weighted by atomic mass is 19.1. The van der Waals surface area contributed by atoms with Gasteiger partial charge in [-0.3, -0.25) is 0 Å². The summed E-state index contributed by atoms with van der Waals surface area (Å²) in [5.41, 5.74) is 7.08. The zero-order valence-corrected chi connectivity index (χ0v) is 13.5. The third-order valence-corrected chi connectivity index (χ3v) is 3.54. The first-order chi connectivity index (χ1) is 10.2. The van der Waals surface area contributed by atoms with E-state index in [4.69, 9.17) is 15.2 Å². The van der Waals surface area contributed by atoms with Crippen LogP contribution >= 0.6 is 0 Å². The van der Waals surface area contributed by atoms with E-state index in [1.54, 1.807) is 11.0 Å². The lowest BCUT2D eigenvalue weighted by molar-refractivity contribution is 0.0234. The quantitative estimate of drug-likeness (QED) is 0.866. The van der Waals surface area contributed by atoms with Gasteiger partial charge in [0.2, 0.25) is 0 Å². The summed E-state index contributed by atoms with van der Waals surface area (Å²) in [6.45, 7) is 6.18. The van der Waals surface area contributed by atoms with Crippen molar-refractivity contribution in [3.8, 4) is 5.75 Å². The number of carbonyl (C=O) groups excluding carboxylic acids is 1. The summed E-state index contributed by atoms with van der Waals surface area (Å²) in [4.78, 5) is 13.8. The van der Waals surface area contributed by atoms with Crippen molar-refractivity contribution in [1.29, 1.82) is 0 Å². The van der Waals surface area contributed by atoms with Crippen LogP contribution in [0.15, 0.2) is 12.1 Å². The lowest BCUT2D eigenvalue weighted by atomic mass is 9.99. The Kier molecular flexibility index (Phi) is 4.60. The molecule has 0 saturated heterocycles. The largest absolute Gasteiger partial charge is 0.494 e. The van der Waals surface area contributed by atoms with Crippen molar-refractivity contribution in [1.82, 2.24) is 4.90 Å². The lowest BCUT2D eigenvalue weighted by Crippen LogP contribution is -2.36. The Labute approximate surface area is 130 Å². The maximum Gasteiger partial charge on any atom is 0.410 e. The number of nitrogens with two attached hydrogens (primary N) is 1. The van der Waals surface area contributed by atoms with Gasteiger partial charge in [-0.2, -0.15) is 0 Å². The van der Waals surface area contributed by atoms with Gasteiger partial charge in [-0.1, -0.05) is 0 Å². The minimum atomic E-state index is -0.570. The number of fused-ring (bicyclic) bond motifs is 1. The fourth-order valence-corrected chi connectivity index (χ4v) is 2.47. The molecule has 0 spiro atoms. The molecule has 2 rings (SSSR count). The Morgan fingerprint density at radius 2 is 2.09 bits per heavy atom. The average Bonchev–Trinajstić information content (AvgIpc) is 2.55. The van der Waals surface area contributed by atoms with Crippen LogP contribution in [0.3, 0.4) is 0 Å². The third kappa shape index (κ3) is 3.68. The van der Waals surface area contributed by atoms with E-state index in [0.29, 0.717) is 18.5 Å². The maximum atomic E-state index is 13.9. The van der Waals surface area contributed by atoms with Gasteiger partial charge in [0.1, 0.15) is 5.60 Å². The van der Waals surface area contributed by atoms with Crippen LogP contribution in [0.2, 0.25) is 0 Å². The van der Waals surface area contributed by atoms with Crippen molar-refractivity contribution in [2.24, 2.45) is 5.73 Å². The second kappa shape index (κ2) is 6.12. The van der Waals surface area contributed by atoms with Crippen LogP contribution in [0.1, 0.15) is 44.4 Å². The van der Waals surface area contributed by atoms with E-state index in [0.717, 1.165) is 5.56 Å². The minimum absolute atomic E-state index is 0.167. The SMILES string of the molecule is COc1cc2c(cc1F)CN(C(=O)OC(C)(C)C)CCC2N. The van der Waals surface area contributed by atoms with Gasteiger partial charge >= 0.3 is 6.09 Å². The van der Waals surface area contributed by atoms with Crippen LogP contribution in [0.4, 0.5) is 9.18 Å². The molecule has 1 aliphatic rings. The molecule has 1 amide bonds. The van der Waals surface area contributed by atoms with Crippen LogP contribution in [0.25, 0.3) is 0 Å². The van der Waals surface area contributed by atoms with E-state index < -0.39 is 17.5 Å². The summed E-state index contributed by atoms with van der Waals surface area (Å²) >= 11 is 0. The first-order valence-electron chi connectivity index (χ1n) is 7.31. The van der Waals surface area contributed by atoms with Crippen molar-refractivity contribution in [3.05, 3.63) is 29.1 Å². The van der Waals surface area contributed by atoms with Crippen LogP contribution in [0, 0.1) is 5.82 Å². The van der Waals surface area contributed by atoms with Gasteiger partial charge in [0.05, 0.1) is 7.11 Å². The normalized spacial score (nSPS) is 18.5. The number of amides is 1. The minimum Gasteiger partial charge on any atom is -0.494 e. The predicted molar refractivity (Wildman–Crippen MR) is 81.1 cm³/mol. The van der Waals surface area contributed by atoms with E-state index in [1.807, 2.05) is 20.8 Å². The van der Waals surface area contributed by atoms with Crippen molar-refractivity contribution < 1.29 is 18.7 Å². The fraction of sp³-hybridized carbons (Fsp3) is 0.562. The molecule has 0 aliphatic carbocycles. The second-order valence-corrected chi connectivity index (χ2v) is 6.48. The Morgan fingerprint density at radius 3 is 2.68 bits per heavy atom. The smallest absolute Gasteiger partial charge is 0.410 e. The number of carbonyl (C=O) groups is 1. The zero-order valence-electron chi connectivity index (χ0n) is 13.5. The Morgan fingerprint density at radius 1 is 1.41 bits per heavy atom. The Balaban J connectivity index is 2.28. The first kappa shape index (κ1) is 16.5. The van der Waals surface area contributed by atoms with Gasteiger partial charge < -0.3 is 20.1 Å². The number of methoxy groups -OCH3 is 1. The highest BCUT2D eigenvalue weighted by molar-refractivity contribution is 5.68. The number of benzene rings is 1. The number of rotatable bonds is 1. The molecular weight excluding hydrogens is 287 g/mol. The number of nitrogens with zero attached hydrogens (tertiary/aromatic N) is 1. The van der Waals surface area contributed by atoms with Crippen molar-refractivity contribution in [2.45, 2.75) is 45.4 Å². The standard InChI is InChI=1S/C16H23FN2O3/c1-16(2,3)22-15(20)19-6-5-13(18)11-8-14(21-4)12(17)7-10(11)9-19/h7-8,13H,5-6,9,18H2,1-4H3. The molecular formula is C16H23FN2O3. The summed E-state index contributed by atoms with van der Waals surface area (Å²) in [6, 6.07) is 2.74. The summed E-state index contributed by atoms with van der Waals surface area (Å²) in [7, 11) is 1.42. The molecule has 1 aromatic rings. The van der Waals surface area contributed by atoms with Crippen molar-refractivity contribution in [2.75, 3.05) is 13.7 Å². The van der Waals surface area contributed by atoms with E-state index in [9.17, 15) is 9.18 Å². The van der Waals surface area contributed by atoms with Gasteiger partial charge in [-0.15, -0.1) is 0 Å². The zero-order chi connectivity index (χ0) is 16.5. The van der Waals surface area contributed by atoms with Gasteiger partial charge in [-0.25, -0.2) is 9.18 Å². The molecule has 1 aliphatic heterocycles. The van der Waals surface area contributed by atoms with Crippen LogP contribution < -0.4 is 10.5 Å². The third-order valence-electron chi connectivity index (χ3n) is 3.54. The maximum absolute atomic E-state index is 13.9. The Hall–Kier alpha value is -1.82. The van der Waals surface area contributed by atoms with Crippen LogP contribution in [-0.2, 0) is 11.3 Å².